The fourth-order valence-electron chi connectivity index (χ4n) is 3.76. The molecule has 2 heterocycles. The zero-order valence-corrected chi connectivity index (χ0v) is 17.7. The van der Waals surface area contributed by atoms with Crippen molar-refractivity contribution < 1.29 is 9.30 Å². The smallest absolute Gasteiger partial charge is 0.183 e. The number of hydrogen-bond acceptors (Lipinski definition) is 3. The second kappa shape index (κ2) is 9.19. The van der Waals surface area contributed by atoms with Gasteiger partial charge in [-0.3, -0.25) is 0 Å². The van der Waals surface area contributed by atoms with Crippen LogP contribution in [0.4, 0.5) is 0 Å². The molecule has 2 atom stereocenters. The number of ether oxygens (including phenoxy) is 1. The largest absolute Gasteiger partial charge is 0.377 e. The van der Waals surface area contributed by atoms with Crippen molar-refractivity contribution in [3.8, 4) is 0 Å². The van der Waals surface area contributed by atoms with Crippen molar-refractivity contribution in [1.82, 2.24) is 4.67 Å². The van der Waals surface area contributed by atoms with Gasteiger partial charge in [0.2, 0.25) is 0 Å². The fraction of sp³-hybridized carbons (Fsp3) is 0.304. The summed E-state index contributed by atoms with van der Waals surface area (Å²) in [6, 6.07) is 24.4. The Hall–Kier alpha value is -1.71. The van der Waals surface area contributed by atoms with E-state index in [9.17, 15) is 4.57 Å². The number of nitrogens with zero attached hydrogens (tertiary/aromatic N) is 1. The molecule has 1 aromatic heterocycles. The Morgan fingerprint density at radius 2 is 1.75 bits per heavy atom. The second-order valence-electron chi connectivity index (χ2n) is 7.24. The Bertz CT molecular complexity index is 893. The van der Waals surface area contributed by atoms with Gasteiger partial charge in [-0.25, -0.2) is 4.67 Å². The molecule has 3 nitrogen and oxygen atoms in total. The molecule has 4 rings (SSSR count). The summed E-state index contributed by atoms with van der Waals surface area (Å²) in [4.78, 5) is 1.24. The summed E-state index contributed by atoms with van der Waals surface area (Å²) >= 11 is 1.72. The van der Waals surface area contributed by atoms with E-state index in [0.717, 1.165) is 30.3 Å². The Morgan fingerprint density at radius 3 is 2.39 bits per heavy atom. The summed E-state index contributed by atoms with van der Waals surface area (Å²) < 4.78 is 22.8. The number of thiophene rings is 1. The molecule has 2 aromatic carbocycles. The van der Waals surface area contributed by atoms with E-state index in [1.165, 1.54) is 4.88 Å². The van der Waals surface area contributed by atoms with Crippen LogP contribution in [0.15, 0.2) is 78.2 Å². The van der Waals surface area contributed by atoms with Gasteiger partial charge in [0.25, 0.3) is 0 Å². The third-order valence-electron chi connectivity index (χ3n) is 5.21. The Balaban J connectivity index is 1.71. The molecule has 5 heteroatoms. The number of rotatable bonds is 8. The molecule has 0 bridgehead atoms. The molecule has 146 valence electrons. The summed E-state index contributed by atoms with van der Waals surface area (Å²) in [5.41, 5.74) is 1.11. The second-order valence-corrected chi connectivity index (χ2v) is 11.1. The molecule has 0 amide bonds. The molecule has 0 spiro atoms. The molecule has 0 saturated carbocycles. The molecule has 0 aliphatic carbocycles. The topological polar surface area (TPSA) is 29.5 Å². The third-order valence-corrected chi connectivity index (χ3v) is 9.19. The maximum atomic E-state index is 14.7. The minimum atomic E-state index is -2.84. The monoisotopic (exact) mass is 411 g/mol. The van der Waals surface area contributed by atoms with Gasteiger partial charge >= 0.3 is 0 Å². The van der Waals surface area contributed by atoms with Crippen molar-refractivity contribution in [2.24, 2.45) is 0 Å². The van der Waals surface area contributed by atoms with Gasteiger partial charge in [-0.1, -0.05) is 66.7 Å². The highest BCUT2D eigenvalue weighted by Crippen LogP contribution is 2.53. The van der Waals surface area contributed by atoms with Crippen LogP contribution in [0.3, 0.4) is 0 Å². The molecular weight excluding hydrogens is 385 g/mol. The normalized spacial score (nSPS) is 19.0. The molecule has 28 heavy (non-hydrogen) atoms. The molecular formula is C23H26NO2PS. The zero-order chi connectivity index (χ0) is 19.2. The fourth-order valence-corrected chi connectivity index (χ4v) is 7.46. The van der Waals surface area contributed by atoms with E-state index >= 15 is 0 Å². The van der Waals surface area contributed by atoms with Crippen LogP contribution in [-0.2, 0) is 22.0 Å². The van der Waals surface area contributed by atoms with Gasteiger partial charge in [0.1, 0.15) is 0 Å². The lowest BCUT2D eigenvalue weighted by molar-refractivity contribution is 0.0925. The van der Waals surface area contributed by atoms with Crippen LogP contribution in [0.5, 0.6) is 0 Å². The van der Waals surface area contributed by atoms with E-state index in [4.69, 9.17) is 4.74 Å². The van der Waals surface area contributed by atoms with Gasteiger partial charge in [-0.15, -0.1) is 11.3 Å². The molecule has 1 aliphatic rings. The summed E-state index contributed by atoms with van der Waals surface area (Å²) in [5, 5.41) is 3.01. The Kier molecular flexibility index (Phi) is 6.43. The van der Waals surface area contributed by atoms with Crippen LogP contribution in [-0.4, -0.2) is 23.9 Å². The van der Waals surface area contributed by atoms with Crippen LogP contribution >= 0.6 is 18.6 Å². The lowest BCUT2D eigenvalue weighted by atomic mass is 10.2. The maximum Gasteiger partial charge on any atom is 0.183 e. The van der Waals surface area contributed by atoms with Crippen molar-refractivity contribution in [1.29, 1.82) is 0 Å². The Labute approximate surface area is 171 Å². The molecule has 1 aliphatic heterocycles. The highest BCUT2D eigenvalue weighted by molar-refractivity contribution is 7.68. The van der Waals surface area contributed by atoms with Crippen LogP contribution in [0.25, 0.3) is 0 Å². The predicted molar refractivity (Wildman–Crippen MR) is 118 cm³/mol. The quantitative estimate of drug-likeness (QED) is 0.456. The zero-order valence-electron chi connectivity index (χ0n) is 15.9. The van der Waals surface area contributed by atoms with Gasteiger partial charge in [0, 0.05) is 36.0 Å². The van der Waals surface area contributed by atoms with Crippen LogP contribution in [0, 0.1) is 0 Å². The Morgan fingerprint density at radius 1 is 1.00 bits per heavy atom. The van der Waals surface area contributed by atoms with Gasteiger partial charge in [0.15, 0.2) is 7.29 Å². The van der Waals surface area contributed by atoms with Crippen molar-refractivity contribution in [3.05, 3.63) is 88.6 Å². The van der Waals surface area contributed by atoms with Gasteiger partial charge in [-0.05, 0) is 29.9 Å². The van der Waals surface area contributed by atoms with Gasteiger partial charge in [-0.2, -0.15) is 0 Å². The lowest BCUT2D eigenvalue weighted by Gasteiger charge is -2.33. The van der Waals surface area contributed by atoms with E-state index in [0.29, 0.717) is 19.3 Å². The van der Waals surface area contributed by atoms with Crippen LogP contribution in [0.2, 0.25) is 0 Å². The average Bonchev–Trinajstić information content (AvgIpc) is 3.43. The third kappa shape index (κ3) is 4.64. The molecule has 1 fully saturated rings. The molecule has 0 N–H and O–H groups in total. The van der Waals surface area contributed by atoms with Crippen molar-refractivity contribution >= 4 is 23.9 Å². The van der Waals surface area contributed by atoms with E-state index in [-0.39, 0.29) is 6.10 Å². The first-order chi connectivity index (χ1) is 13.7. The highest BCUT2D eigenvalue weighted by atomic mass is 32.1. The van der Waals surface area contributed by atoms with E-state index in [2.05, 4.69) is 34.3 Å². The maximum absolute atomic E-state index is 14.7. The number of hydrogen-bond donors (Lipinski definition) is 0. The van der Waals surface area contributed by atoms with Crippen LogP contribution < -0.4 is 5.30 Å². The van der Waals surface area contributed by atoms with Gasteiger partial charge < -0.3 is 9.30 Å². The first-order valence-corrected chi connectivity index (χ1v) is 12.5. The van der Waals surface area contributed by atoms with Crippen molar-refractivity contribution in [3.63, 3.8) is 0 Å². The van der Waals surface area contributed by atoms with Crippen molar-refractivity contribution in [2.45, 2.75) is 31.7 Å². The molecule has 1 saturated heterocycles. The van der Waals surface area contributed by atoms with Crippen molar-refractivity contribution in [2.75, 3.05) is 13.2 Å². The summed E-state index contributed by atoms with van der Waals surface area (Å²) in [6.07, 6.45) is 2.83. The highest BCUT2D eigenvalue weighted by Gasteiger charge is 2.35. The lowest BCUT2D eigenvalue weighted by Crippen LogP contribution is -2.33. The van der Waals surface area contributed by atoms with Crippen LogP contribution in [0.1, 0.15) is 23.3 Å². The predicted octanol–water partition coefficient (Wildman–Crippen LogP) is 5.53. The standard InChI is InChI=1S/C23H26NO2PS/c25-27(22-12-5-2-6-13-22,19-20-9-3-1-4-10-20)24(17-21-11-7-15-26-21)18-23-14-8-16-28-23/h1-6,8-10,12-14,16,21H,7,11,15,17-19H2/t21-,27-/m1/s1. The van der Waals surface area contributed by atoms with E-state index in [1.807, 2.05) is 48.5 Å². The molecule has 3 aromatic rings. The average molecular weight is 412 g/mol. The van der Waals surface area contributed by atoms with E-state index < -0.39 is 7.29 Å². The molecule has 0 unspecified atom stereocenters. The van der Waals surface area contributed by atoms with Gasteiger partial charge in [0.05, 0.1) is 6.10 Å². The summed E-state index contributed by atoms with van der Waals surface area (Å²) in [5.74, 6) is 0. The minimum absolute atomic E-state index is 0.160. The minimum Gasteiger partial charge on any atom is -0.377 e. The summed E-state index contributed by atoms with van der Waals surface area (Å²) in [6.45, 7) is 2.21. The van der Waals surface area contributed by atoms with E-state index in [1.54, 1.807) is 11.3 Å². The molecule has 0 radical (unpaired) electrons. The summed E-state index contributed by atoms with van der Waals surface area (Å²) in [7, 11) is -2.84. The number of benzene rings is 2. The SMILES string of the molecule is O=[P@](Cc1ccccc1)(c1ccccc1)N(Cc1cccs1)C[C@H]1CCCO1. The first-order valence-electron chi connectivity index (χ1n) is 9.82. The first kappa shape index (κ1) is 19.6.